The molecule has 0 spiro atoms. The van der Waals surface area contributed by atoms with Crippen molar-refractivity contribution in [2.24, 2.45) is 5.92 Å². The summed E-state index contributed by atoms with van der Waals surface area (Å²) in [5, 5.41) is 29.8. The van der Waals surface area contributed by atoms with E-state index in [1.807, 2.05) is 12.1 Å². The first-order valence-corrected chi connectivity index (χ1v) is 21.7. The third kappa shape index (κ3) is 17.9. The summed E-state index contributed by atoms with van der Waals surface area (Å²) >= 11 is 0. The van der Waals surface area contributed by atoms with Gasteiger partial charge in [-0.3, -0.25) is 20.2 Å². The second kappa shape index (κ2) is 26.4. The van der Waals surface area contributed by atoms with Crippen molar-refractivity contribution in [1.82, 2.24) is 14.7 Å². The van der Waals surface area contributed by atoms with Gasteiger partial charge >= 0.3 is 0 Å². The Hall–Kier alpha value is -4.77. The zero-order valence-corrected chi connectivity index (χ0v) is 35.6. The zero-order chi connectivity index (χ0) is 42.2. The molecule has 3 heterocycles. The fourth-order valence-electron chi connectivity index (χ4n) is 7.61. The molecule has 3 aliphatic rings. The summed E-state index contributed by atoms with van der Waals surface area (Å²) in [4.78, 5) is 27.8. The van der Waals surface area contributed by atoms with Crippen LogP contribution in [-0.4, -0.2) is 102 Å². The summed E-state index contributed by atoms with van der Waals surface area (Å²) < 4.78 is 16.9. The van der Waals surface area contributed by atoms with Crippen LogP contribution in [0.5, 0.6) is 17.2 Å². The van der Waals surface area contributed by atoms with Crippen LogP contribution in [0.2, 0.25) is 0 Å². The monoisotopic (exact) mass is 814 g/mol. The summed E-state index contributed by atoms with van der Waals surface area (Å²) in [6, 6.07) is 23.3. The quantitative estimate of drug-likeness (QED) is 0.0729. The molecule has 0 bridgehead atoms. The highest BCUT2D eigenvalue weighted by atomic mass is 16.6. The van der Waals surface area contributed by atoms with Gasteiger partial charge in [0.25, 0.3) is 11.4 Å². The van der Waals surface area contributed by atoms with E-state index in [1.54, 1.807) is 36.4 Å². The number of ether oxygens (including phenoxy) is 3. The van der Waals surface area contributed by atoms with Crippen molar-refractivity contribution in [2.75, 3.05) is 65.6 Å². The maximum Gasteiger partial charge on any atom is 0.269 e. The second-order valence-corrected chi connectivity index (χ2v) is 16.0. The standard InChI is InChI=1S/C16H22N2O.2C15H22N2O3/c1-14-5-2-3-10-18(14)11-4-12-19-16-8-6-15(13-17)7-9-16;1-13-7-10-16(11-8-13)9-2-12-20-15-5-3-14(4-6-15)17(18)19;1-13-5-2-3-10-16(13)11-4-12-20-15-8-6-14(7-9-15)17(18)19/h6-9,14H,2-5,10-12H2,1H3;3-6,13H,2,7-12H2,1H3;6-9,13H,2-5,10-12H2,1H3. The van der Waals surface area contributed by atoms with Gasteiger partial charge in [-0.25, -0.2) is 0 Å². The number of likely N-dealkylation sites (tertiary alicyclic amines) is 3. The van der Waals surface area contributed by atoms with Gasteiger partial charge in [0.05, 0.1) is 41.3 Å². The van der Waals surface area contributed by atoms with E-state index in [4.69, 9.17) is 19.5 Å². The van der Waals surface area contributed by atoms with E-state index >= 15 is 0 Å². The van der Waals surface area contributed by atoms with Crippen molar-refractivity contribution in [3.63, 3.8) is 0 Å². The van der Waals surface area contributed by atoms with Crippen LogP contribution in [0.1, 0.15) is 97.0 Å². The molecule has 0 amide bonds. The van der Waals surface area contributed by atoms with Crippen molar-refractivity contribution in [1.29, 1.82) is 5.26 Å². The summed E-state index contributed by atoms with van der Waals surface area (Å²) in [6.45, 7) is 17.0. The minimum absolute atomic E-state index is 0.0968. The Balaban J connectivity index is 0.000000196. The number of benzene rings is 3. The molecule has 3 aliphatic heterocycles. The van der Waals surface area contributed by atoms with Gasteiger partial charge in [0.2, 0.25) is 0 Å². The predicted molar refractivity (Wildman–Crippen MR) is 232 cm³/mol. The van der Waals surface area contributed by atoms with Crippen LogP contribution in [0.25, 0.3) is 0 Å². The molecule has 3 aromatic carbocycles. The largest absolute Gasteiger partial charge is 0.494 e. The lowest BCUT2D eigenvalue weighted by molar-refractivity contribution is -0.385. The van der Waals surface area contributed by atoms with E-state index < -0.39 is 9.85 Å². The molecule has 0 radical (unpaired) electrons. The van der Waals surface area contributed by atoms with Gasteiger partial charge in [-0.2, -0.15) is 5.26 Å². The van der Waals surface area contributed by atoms with Gasteiger partial charge in [0, 0.05) is 56.0 Å². The molecule has 6 rings (SSSR count). The highest BCUT2D eigenvalue weighted by molar-refractivity contribution is 5.37. The Kier molecular flexibility index (Phi) is 21.0. The summed E-state index contributed by atoms with van der Waals surface area (Å²) in [5.41, 5.74) is 0.869. The first-order valence-electron chi connectivity index (χ1n) is 21.7. The average molecular weight is 815 g/mol. The van der Waals surface area contributed by atoms with E-state index in [0.29, 0.717) is 36.3 Å². The zero-order valence-electron chi connectivity index (χ0n) is 35.6. The molecule has 3 fully saturated rings. The van der Waals surface area contributed by atoms with Crippen molar-refractivity contribution < 1.29 is 24.1 Å². The topological polar surface area (TPSA) is 147 Å². The maximum atomic E-state index is 10.5. The van der Waals surface area contributed by atoms with Gasteiger partial charge in [-0.15, -0.1) is 0 Å². The van der Waals surface area contributed by atoms with Gasteiger partial charge in [0.1, 0.15) is 17.2 Å². The van der Waals surface area contributed by atoms with E-state index in [2.05, 4.69) is 41.5 Å². The minimum Gasteiger partial charge on any atom is -0.494 e. The van der Waals surface area contributed by atoms with Crippen molar-refractivity contribution in [3.8, 4) is 23.3 Å². The first kappa shape index (κ1) is 46.9. The van der Waals surface area contributed by atoms with Crippen LogP contribution in [0, 0.1) is 37.5 Å². The normalized spacial score (nSPS) is 18.9. The number of non-ortho nitro benzene ring substituents is 2. The number of nitriles is 1. The molecule has 3 aromatic rings. The Bertz CT molecular complexity index is 1680. The van der Waals surface area contributed by atoms with E-state index in [9.17, 15) is 20.2 Å². The molecule has 13 heteroatoms. The summed E-state index contributed by atoms with van der Waals surface area (Å²) in [6.07, 6.45) is 13.6. The van der Waals surface area contributed by atoms with E-state index in [-0.39, 0.29) is 11.4 Å². The molecule has 0 saturated carbocycles. The lowest BCUT2D eigenvalue weighted by atomic mass is 9.99. The van der Waals surface area contributed by atoms with Crippen molar-refractivity contribution in [2.45, 2.75) is 103 Å². The van der Waals surface area contributed by atoms with Crippen LogP contribution >= 0.6 is 0 Å². The van der Waals surface area contributed by atoms with Crippen molar-refractivity contribution in [3.05, 3.63) is 98.6 Å². The Morgan fingerprint density at radius 2 is 0.966 bits per heavy atom. The molecule has 2 unspecified atom stereocenters. The fourth-order valence-corrected chi connectivity index (χ4v) is 7.61. The molecular formula is C46H66N6O7. The highest BCUT2D eigenvalue weighted by Gasteiger charge is 2.19. The molecule has 0 N–H and O–H groups in total. The SMILES string of the molecule is CC1CCCCN1CCCOc1ccc(C#N)cc1.CC1CCCCN1CCCOc1ccc([N+](=O)[O-])cc1.CC1CCN(CCCOc2ccc([N+](=O)[O-])cc2)CC1. The van der Waals surface area contributed by atoms with Gasteiger partial charge in [-0.05, 0) is 152 Å². The molecule has 3 saturated heterocycles. The predicted octanol–water partition coefficient (Wildman–Crippen LogP) is 9.54. The van der Waals surface area contributed by atoms with Crippen LogP contribution in [0.3, 0.4) is 0 Å². The first-order chi connectivity index (χ1) is 28.6. The van der Waals surface area contributed by atoms with Crippen LogP contribution in [0.4, 0.5) is 11.4 Å². The fraction of sp³-hybridized carbons (Fsp3) is 0.587. The number of nitro benzene ring substituents is 2. The smallest absolute Gasteiger partial charge is 0.269 e. The molecule has 13 nitrogen and oxygen atoms in total. The molecular weight excluding hydrogens is 749 g/mol. The van der Waals surface area contributed by atoms with Crippen LogP contribution < -0.4 is 14.2 Å². The number of rotatable bonds is 17. The summed E-state index contributed by atoms with van der Waals surface area (Å²) in [7, 11) is 0. The van der Waals surface area contributed by atoms with Gasteiger partial charge < -0.3 is 28.9 Å². The molecule has 2 atom stereocenters. The lowest BCUT2D eigenvalue weighted by Gasteiger charge is -2.33. The third-order valence-electron chi connectivity index (χ3n) is 11.4. The molecule has 0 aliphatic carbocycles. The average Bonchev–Trinajstić information content (AvgIpc) is 3.25. The second-order valence-electron chi connectivity index (χ2n) is 16.0. The minimum atomic E-state index is -0.402. The number of nitrogens with zero attached hydrogens (tertiary/aromatic N) is 6. The van der Waals surface area contributed by atoms with Gasteiger partial charge in [-0.1, -0.05) is 19.8 Å². The number of nitro groups is 2. The number of hydrogen-bond donors (Lipinski definition) is 0. The van der Waals surface area contributed by atoms with E-state index in [1.165, 1.54) is 102 Å². The van der Waals surface area contributed by atoms with E-state index in [0.717, 1.165) is 63.2 Å². The molecule has 322 valence electrons. The number of piperidine rings is 3. The van der Waals surface area contributed by atoms with Crippen LogP contribution in [-0.2, 0) is 0 Å². The number of hydrogen-bond acceptors (Lipinski definition) is 11. The Labute approximate surface area is 351 Å². The van der Waals surface area contributed by atoms with Crippen molar-refractivity contribution >= 4 is 11.4 Å². The summed E-state index contributed by atoms with van der Waals surface area (Å²) in [5.74, 6) is 3.11. The Morgan fingerprint density at radius 1 is 0.576 bits per heavy atom. The highest BCUT2D eigenvalue weighted by Crippen LogP contribution is 2.21. The Morgan fingerprint density at radius 3 is 1.34 bits per heavy atom. The lowest BCUT2D eigenvalue weighted by Crippen LogP contribution is -2.38. The molecule has 59 heavy (non-hydrogen) atoms. The van der Waals surface area contributed by atoms with Gasteiger partial charge in [0.15, 0.2) is 0 Å². The van der Waals surface area contributed by atoms with Crippen LogP contribution in [0.15, 0.2) is 72.8 Å². The maximum absolute atomic E-state index is 10.5. The third-order valence-corrected chi connectivity index (χ3v) is 11.4. The molecule has 0 aromatic heterocycles.